The van der Waals surface area contributed by atoms with E-state index in [1.54, 1.807) is 14.2 Å². The van der Waals surface area contributed by atoms with Crippen molar-refractivity contribution < 1.29 is 22.6 Å². The van der Waals surface area contributed by atoms with Crippen LogP contribution < -0.4 is 15.4 Å². The van der Waals surface area contributed by atoms with E-state index in [-0.39, 0.29) is 6.04 Å². The van der Waals surface area contributed by atoms with Crippen LogP contribution in [0.2, 0.25) is 0 Å². The van der Waals surface area contributed by atoms with E-state index >= 15 is 0 Å². The minimum atomic E-state index is -4.15. The van der Waals surface area contributed by atoms with Crippen LogP contribution in [0, 0.1) is 0 Å². The molecule has 0 bridgehead atoms. The Balaban J connectivity index is 1.57. The maximum atomic E-state index is 12.5. The Labute approximate surface area is 164 Å². The third-order valence-electron chi connectivity index (χ3n) is 4.43. The van der Waals surface area contributed by atoms with Crippen LogP contribution in [0.25, 0.3) is 0 Å². The van der Waals surface area contributed by atoms with Gasteiger partial charge in [-0.2, -0.15) is 13.2 Å². The summed E-state index contributed by atoms with van der Waals surface area (Å²) in [6.07, 6.45) is -2.69. The normalized spacial score (nSPS) is 18.3. The van der Waals surface area contributed by atoms with Crippen LogP contribution in [0.3, 0.4) is 0 Å². The molecule has 2 N–H and O–H groups in total. The van der Waals surface area contributed by atoms with Gasteiger partial charge in [0.15, 0.2) is 5.96 Å². The first-order valence-corrected chi connectivity index (χ1v) is 9.36. The second-order valence-corrected chi connectivity index (χ2v) is 6.73. The largest absolute Gasteiger partial charge is 0.497 e. The summed E-state index contributed by atoms with van der Waals surface area (Å²) in [7, 11) is 3.28. The van der Waals surface area contributed by atoms with Gasteiger partial charge in [-0.3, -0.25) is 9.89 Å². The number of halogens is 3. The Morgan fingerprint density at radius 2 is 2.04 bits per heavy atom. The fraction of sp³-hybridized carbons (Fsp3) is 0.632. The number of hydrogen-bond donors (Lipinski definition) is 2. The van der Waals surface area contributed by atoms with E-state index in [0.717, 1.165) is 17.7 Å². The predicted molar refractivity (Wildman–Crippen MR) is 103 cm³/mol. The van der Waals surface area contributed by atoms with E-state index in [1.807, 2.05) is 24.3 Å². The van der Waals surface area contributed by atoms with Crippen LogP contribution in [0.15, 0.2) is 29.3 Å². The maximum absolute atomic E-state index is 12.5. The molecular formula is C19H29F3N4O2. The van der Waals surface area contributed by atoms with Crippen LogP contribution in [0.4, 0.5) is 13.2 Å². The highest BCUT2D eigenvalue weighted by Crippen LogP contribution is 2.19. The van der Waals surface area contributed by atoms with Crippen molar-refractivity contribution >= 4 is 5.96 Å². The molecule has 1 saturated heterocycles. The number of ether oxygens (including phenoxy) is 2. The van der Waals surface area contributed by atoms with Crippen molar-refractivity contribution in [2.24, 2.45) is 4.99 Å². The summed E-state index contributed by atoms with van der Waals surface area (Å²) in [5.41, 5.74) is 1.08. The van der Waals surface area contributed by atoms with Gasteiger partial charge >= 0.3 is 6.18 Å². The number of aliphatic imine (C=N–C) groups is 1. The first-order valence-electron chi connectivity index (χ1n) is 9.36. The molecule has 0 saturated carbocycles. The molecule has 0 amide bonds. The number of benzene rings is 1. The van der Waals surface area contributed by atoms with Gasteiger partial charge in [0.1, 0.15) is 5.75 Å². The van der Waals surface area contributed by atoms with E-state index in [9.17, 15) is 13.2 Å². The average molecular weight is 402 g/mol. The van der Waals surface area contributed by atoms with Gasteiger partial charge in [0.2, 0.25) is 0 Å². The minimum Gasteiger partial charge on any atom is -0.497 e. The summed E-state index contributed by atoms with van der Waals surface area (Å²) in [4.78, 5) is 5.55. The SMILES string of the molecule is CN=C(NCCCOCc1ccc(OC)cc1)NC1CCN(CC(F)(F)F)C1. The molecule has 1 unspecified atom stereocenters. The van der Waals surface area contributed by atoms with Gasteiger partial charge < -0.3 is 20.1 Å². The summed E-state index contributed by atoms with van der Waals surface area (Å²) in [5, 5.41) is 6.36. The van der Waals surface area contributed by atoms with Gasteiger partial charge in [0.05, 0.1) is 20.3 Å². The summed E-state index contributed by atoms with van der Waals surface area (Å²) in [6, 6.07) is 7.70. The first kappa shape index (κ1) is 22.3. The van der Waals surface area contributed by atoms with Crippen molar-refractivity contribution in [1.82, 2.24) is 15.5 Å². The highest BCUT2D eigenvalue weighted by Gasteiger charge is 2.34. The van der Waals surface area contributed by atoms with E-state index in [1.165, 1.54) is 4.90 Å². The number of guanidine groups is 1. The Bertz CT molecular complexity index is 608. The van der Waals surface area contributed by atoms with E-state index in [4.69, 9.17) is 9.47 Å². The number of likely N-dealkylation sites (tertiary alicyclic amines) is 1. The highest BCUT2D eigenvalue weighted by atomic mass is 19.4. The lowest BCUT2D eigenvalue weighted by Gasteiger charge is -2.19. The fourth-order valence-corrected chi connectivity index (χ4v) is 3.03. The van der Waals surface area contributed by atoms with Crippen molar-refractivity contribution in [1.29, 1.82) is 0 Å². The van der Waals surface area contributed by atoms with E-state index < -0.39 is 12.7 Å². The number of nitrogens with zero attached hydrogens (tertiary/aromatic N) is 2. The lowest BCUT2D eigenvalue weighted by molar-refractivity contribution is -0.143. The molecule has 6 nitrogen and oxygen atoms in total. The molecule has 0 aromatic heterocycles. The molecular weight excluding hydrogens is 373 g/mol. The van der Waals surface area contributed by atoms with E-state index in [2.05, 4.69) is 15.6 Å². The van der Waals surface area contributed by atoms with Crippen LogP contribution in [0.5, 0.6) is 5.75 Å². The number of alkyl halides is 3. The molecule has 1 aliphatic heterocycles. The van der Waals surface area contributed by atoms with Crippen molar-refractivity contribution in [3.05, 3.63) is 29.8 Å². The standard InChI is InChI=1S/C19H29F3N4O2/c1-23-18(25-16-8-10-26(12-16)14-19(20,21)22)24-9-3-11-28-13-15-4-6-17(27-2)7-5-15/h4-7,16H,3,8-14H2,1-2H3,(H2,23,24,25). The molecule has 1 aliphatic rings. The third-order valence-corrected chi connectivity index (χ3v) is 4.43. The molecule has 1 heterocycles. The molecule has 0 radical (unpaired) electrons. The minimum absolute atomic E-state index is 0.0279. The van der Waals surface area contributed by atoms with Crippen molar-refractivity contribution in [3.63, 3.8) is 0 Å². The molecule has 1 aromatic rings. The highest BCUT2D eigenvalue weighted by molar-refractivity contribution is 5.79. The van der Waals surface area contributed by atoms with Gasteiger partial charge in [-0.05, 0) is 30.5 Å². The zero-order chi connectivity index (χ0) is 20.4. The molecule has 1 aromatic carbocycles. The Kier molecular flexibility index (Phi) is 8.85. The van der Waals surface area contributed by atoms with Gasteiger partial charge in [-0.1, -0.05) is 12.1 Å². The molecule has 1 fully saturated rings. The summed E-state index contributed by atoms with van der Waals surface area (Å²) in [5.74, 6) is 1.42. The molecule has 9 heteroatoms. The molecule has 28 heavy (non-hydrogen) atoms. The zero-order valence-corrected chi connectivity index (χ0v) is 16.4. The molecule has 158 valence electrons. The number of nitrogens with one attached hydrogen (secondary N) is 2. The summed E-state index contributed by atoms with van der Waals surface area (Å²) < 4.78 is 48.1. The quantitative estimate of drug-likeness (QED) is 0.377. The monoisotopic (exact) mass is 402 g/mol. The fourth-order valence-electron chi connectivity index (χ4n) is 3.03. The van der Waals surface area contributed by atoms with Gasteiger partial charge in [-0.15, -0.1) is 0 Å². The third kappa shape index (κ3) is 8.35. The second kappa shape index (κ2) is 11.1. The lowest BCUT2D eigenvalue weighted by Crippen LogP contribution is -2.45. The summed E-state index contributed by atoms with van der Waals surface area (Å²) in [6.45, 7) is 1.75. The number of rotatable bonds is 9. The van der Waals surface area contributed by atoms with Gasteiger partial charge in [0, 0.05) is 39.3 Å². The predicted octanol–water partition coefficient (Wildman–Crippen LogP) is 2.40. The Morgan fingerprint density at radius 3 is 2.68 bits per heavy atom. The molecule has 2 rings (SSSR count). The topological polar surface area (TPSA) is 58.1 Å². The van der Waals surface area contributed by atoms with Crippen molar-refractivity contribution in [2.45, 2.75) is 31.7 Å². The van der Waals surface area contributed by atoms with Crippen molar-refractivity contribution in [2.75, 3.05) is 46.9 Å². The average Bonchev–Trinajstić information content (AvgIpc) is 3.09. The first-order chi connectivity index (χ1) is 13.4. The smallest absolute Gasteiger partial charge is 0.401 e. The van der Waals surface area contributed by atoms with Crippen molar-refractivity contribution in [3.8, 4) is 5.75 Å². The molecule has 0 spiro atoms. The summed E-state index contributed by atoms with van der Waals surface area (Å²) >= 11 is 0. The number of hydrogen-bond acceptors (Lipinski definition) is 4. The second-order valence-electron chi connectivity index (χ2n) is 6.73. The zero-order valence-electron chi connectivity index (χ0n) is 16.4. The maximum Gasteiger partial charge on any atom is 0.401 e. The van der Waals surface area contributed by atoms with Crippen LogP contribution in [0.1, 0.15) is 18.4 Å². The van der Waals surface area contributed by atoms with Crippen LogP contribution in [-0.2, 0) is 11.3 Å². The van der Waals surface area contributed by atoms with Gasteiger partial charge in [0.25, 0.3) is 0 Å². The van der Waals surface area contributed by atoms with E-state index in [0.29, 0.717) is 45.2 Å². The number of methoxy groups -OCH3 is 1. The van der Waals surface area contributed by atoms with Gasteiger partial charge in [-0.25, -0.2) is 0 Å². The molecule has 1 atom stereocenters. The lowest BCUT2D eigenvalue weighted by atomic mass is 10.2. The van der Waals surface area contributed by atoms with Crippen LogP contribution >= 0.6 is 0 Å². The Morgan fingerprint density at radius 1 is 1.29 bits per heavy atom. The van der Waals surface area contributed by atoms with Crippen LogP contribution in [-0.4, -0.2) is 70.0 Å². The molecule has 0 aliphatic carbocycles. The Hall–Kier alpha value is -2.00.